The Balaban J connectivity index is 2.68. The molecule has 0 spiro atoms. The monoisotopic (exact) mass is 234 g/mol. The molecule has 1 aliphatic heterocycles. The molecule has 1 rings (SSSR count). The van der Waals surface area contributed by atoms with Gasteiger partial charge in [-0.15, -0.1) is 11.6 Å². The molecule has 0 amide bonds. The zero-order valence-corrected chi connectivity index (χ0v) is 10.4. The molecule has 0 saturated carbocycles. The molecule has 0 aliphatic carbocycles. The van der Waals surface area contributed by atoms with Gasteiger partial charge in [-0.05, 0) is 33.6 Å². The van der Waals surface area contributed by atoms with E-state index in [1.807, 2.05) is 20.8 Å². The lowest BCUT2D eigenvalue weighted by atomic mass is 9.84. The number of rotatable bonds is 3. The molecule has 1 saturated heterocycles. The number of carbonyl (C=O) groups is 1. The molecule has 1 atom stereocenters. The van der Waals surface area contributed by atoms with Crippen molar-refractivity contribution in [2.45, 2.75) is 39.2 Å². The molecular weight excluding hydrogens is 216 g/mol. The maximum absolute atomic E-state index is 12.0. The van der Waals surface area contributed by atoms with Gasteiger partial charge in [0.05, 0.1) is 12.0 Å². The topological polar surface area (TPSA) is 35.5 Å². The first kappa shape index (κ1) is 12.8. The van der Waals surface area contributed by atoms with Crippen molar-refractivity contribution in [2.24, 2.45) is 5.41 Å². The smallest absolute Gasteiger partial charge is 0.315 e. The van der Waals surface area contributed by atoms with Crippen LogP contribution in [0.4, 0.5) is 0 Å². The summed E-state index contributed by atoms with van der Waals surface area (Å²) in [5.74, 6) is 0.288. The molecule has 1 aliphatic rings. The Labute approximate surface area is 96.1 Å². The van der Waals surface area contributed by atoms with Crippen LogP contribution in [0.5, 0.6) is 0 Å². The number of alkyl halides is 1. The first-order valence-electron chi connectivity index (χ1n) is 5.27. The van der Waals surface area contributed by atoms with Crippen LogP contribution < -0.4 is 0 Å². The summed E-state index contributed by atoms with van der Waals surface area (Å²) in [6, 6.07) is 0. The molecule has 0 aromatic carbocycles. The first-order valence-corrected chi connectivity index (χ1v) is 5.80. The van der Waals surface area contributed by atoms with E-state index in [-0.39, 0.29) is 5.97 Å². The summed E-state index contributed by atoms with van der Waals surface area (Å²) in [7, 11) is 0. The fourth-order valence-electron chi connectivity index (χ4n) is 1.63. The zero-order chi connectivity index (χ0) is 11.5. The number of ether oxygens (including phenoxy) is 2. The Kier molecular flexibility index (Phi) is 4.01. The van der Waals surface area contributed by atoms with Gasteiger partial charge in [0.1, 0.15) is 5.60 Å². The van der Waals surface area contributed by atoms with E-state index in [0.717, 1.165) is 0 Å². The summed E-state index contributed by atoms with van der Waals surface area (Å²) < 4.78 is 10.7. The lowest BCUT2D eigenvalue weighted by Gasteiger charge is -2.29. The van der Waals surface area contributed by atoms with E-state index < -0.39 is 11.0 Å². The van der Waals surface area contributed by atoms with Crippen molar-refractivity contribution in [3.63, 3.8) is 0 Å². The van der Waals surface area contributed by atoms with Crippen molar-refractivity contribution in [3.05, 3.63) is 0 Å². The highest BCUT2D eigenvalue weighted by atomic mass is 35.5. The number of esters is 1. The Morgan fingerprint density at radius 1 is 1.53 bits per heavy atom. The minimum Gasteiger partial charge on any atom is -0.459 e. The quantitative estimate of drug-likeness (QED) is 0.556. The highest BCUT2D eigenvalue weighted by Crippen LogP contribution is 2.35. The largest absolute Gasteiger partial charge is 0.459 e. The zero-order valence-electron chi connectivity index (χ0n) is 9.64. The van der Waals surface area contributed by atoms with Crippen molar-refractivity contribution in [1.82, 2.24) is 0 Å². The Hall–Kier alpha value is -0.280. The van der Waals surface area contributed by atoms with Crippen LogP contribution in [-0.2, 0) is 14.3 Å². The summed E-state index contributed by atoms with van der Waals surface area (Å²) in [6.07, 6.45) is 1.35. The second-order valence-electron chi connectivity index (χ2n) is 5.02. The average molecular weight is 235 g/mol. The highest BCUT2D eigenvalue weighted by Gasteiger charge is 2.44. The molecule has 4 heteroatoms. The number of hydrogen-bond donors (Lipinski definition) is 0. The van der Waals surface area contributed by atoms with Crippen LogP contribution in [-0.4, -0.2) is 30.7 Å². The second kappa shape index (κ2) is 4.71. The average Bonchev–Trinajstić information content (AvgIpc) is 2.51. The van der Waals surface area contributed by atoms with Gasteiger partial charge in [0.25, 0.3) is 0 Å². The van der Waals surface area contributed by atoms with Gasteiger partial charge in [0.2, 0.25) is 0 Å². The summed E-state index contributed by atoms with van der Waals surface area (Å²) in [5, 5.41) is 0. The third kappa shape index (κ3) is 3.35. The van der Waals surface area contributed by atoms with Crippen molar-refractivity contribution >= 4 is 17.6 Å². The number of hydrogen-bond acceptors (Lipinski definition) is 3. The minimum absolute atomic E-state index is 0.173. The fraction of sp³-hybridized carbons (Fsp3) is 0.909. The van der Waals surface area contributed by atoms with E-state index in [9.17, 15) is 4.79 Å². The van der Waals surface area contributed by atoms with E-state index in [2.05, 4.69) is 0 Å². The standard InChI is InChI=1S/C11H19ClO3/c1-10(2,3)15-9(13)11(4-6-12)5-7-14-8-11/h4-8H2,1-3H3. The molecule has 88 valence electrons. The van der Waals surface area contributed by atoms with Gasteiger partial charge >= 0.3 is 5.97 Å². The van der Waals surface area contributed by atoms with E-state index in [0.29, 0.717) is 31.9 Å². The highest BCUT2D eigenvalue weighted by molar-refractivity contribution is 6.18. The van der Waals surface area contributed by atoms with Crippen molar-refractivity contribution in [3.8, 4) is 0 Å². The third-order valence-corrected chi connectivity index (χ3v) is 2.70. The summed E-state index contributed by atoms with van der Waals surface area (Å²) in [6.45, 7) is 6.67. The van der Waals surface area contributed by atoms with Gasteiger partial charge in [-0.3, -0.25) is 4.79 Å². The maximum atomic E-state index is 12.0. The van der Waals surface area contributed by atoms with E-state index >= 15 is 0 Å². The molecule has 0 aromatic heterocycles. The molecule has 1 fully saturated rings. The van der Waals surface area contributed by atoms with Crippen LogP contribution in [0.15, 0.2) is 0 Å². The first-order chi connectivity index (χ1) is 6.90. The van der Waals surface area contributed by atoms with E-state index in [4.69, 9.17) is 21.1 Å². The summed E-state index contributed by atoms with van der Waals surface area (Å²) in [5.41, 5.74) is -0.950. The van der Waals surface area contributed by atoms with Gasteiger partial charge in [0.15, 0.2) is 0 Å². The predicted octanol–water partition coefficient (Wildman–Crippen LogP) is 2.36. The predicted molar refractivity (Wildman–Crippen MR) is 59.1 cm³/mol. The molecule has 3 nitrogen and oxygen atoms in total. The molecule has 1 unspecified atom stereocenters. The Morgan fingerprint density at radius 2 is 2.20 bits per heavy atom. The van der Waals surface area contributed by atoms with Gasteiger partial charge in [-0.1, -0.05) is 0 Å². The van der Waals surface area contributed by atoms with E-state index in [1.54, 1.807) is 0 Å². The lowest BCUT2D eigenvalue weighted by molar-refractivity contribution is -0.167. The number of halogens is 1. The third-order valence-electron chi connectivity index (χ3n) is 2.51. The van der Waals surface area contributed by atoms with Gasteiger partial charge in [0, 0.05) is 12.5 Å². The molecule has 0 bridgehead atoms. The SMILES string of the molecule is CC(C)(C)OC(=O)C1(CCCl)CCOC1. The second-order valence-corrected chi connectivity index (χ2v) is 5.40. The van der Waals surface area contributed by atoms with Crippen LogP contribution in [0.2, 0.25) is 0 Å². The normalized spacial score (nSPS) is 26.7. The van der Waals surface area contributed by atoms with Crippen molar-refractivity contribution in [1.29, 1.82) is 0 Å². The summed E-state index contributed by atoms with van der Waals surface area (Å²) in [4.78, 5) is 12.0. The molecule has 0 aromatic rings. The molecule has 0 N–H and O–H groups in total. The van der Waals surface area contributed by atoms with Crippen molar-refractivity contribution < 1.29 is 14.3 Å². The van der Waals surface area contributed by atoms with Crippen LogP contribution in [0, 0.1) is 5.41 Å². The Morgan fingerprint density at radius 3 is 2.60 bits per heavy atom. The Bertz CT molecular complexity index is 226. The van der Waals surface area contributed by atoms with Gasteiger partial charge < -0.3 is 9.47 Å². The van der Waals surface area contributed by atoms with Gasteiger partial charge in [-0.2, -0.15) is 0 Å². The fourth-order valence-corrected chi connectivity index (χ4v) is 2.00. The van der Waals surface area contributed by atoms with Gasteiger partial charge in [-0.25, -0.2) is 0 Å². The molecular formula is C11H19ClO3. The summed E-state index contributed by atoms with van der Waals surface area (Å²) >= 11 is 5.72. The van der Waals surface area contributed by atoms with Crippen LogP contribution in [0.25, 0.3) is 0 Å². The number of carbonyl (C=O) groups excluding carboxylic acids is 1. The lowest BCUT2D eigenvalue weighted by Crippen LogP contribution is -2.38. The minimum atomic E-state index is -0.505. The molecule has 1 heterocycles. The van der Waals surface area contributed by atoms with Crippen molar-refractivity contribution in [2.75, 3.05) is 19.1 Å². The maximum Gasteiger partial charge on any atom is 0.315 e. The van der Waals surface area contributed by atoms with Crippen LogP contribution in [0.1, 0.15) is 33.6 Å². The van der Waals surface area contributed by atoms with Crippen LogP contribution in [0.3, 0.4) is 0 Å². The van der Waals surface area contributed by atoms with E-state index in [1.165, 1.54) is 0 Å². The van der Waals surface area contributed by atoms with Crippen LogP contribution >= 0.6 is 11.6 Å². The molecule has 0 radical (unpaired) electrons. The molecule has 15 heavy (non-hydrogen) atoms.